The average Bonchev–Trinajstić information content (AvgIpc) is 2.66. The van der Waals surface area contributed by atoms with Gasteiger partial charge in [0.2, 0.25) is 0 Å². The molecule has 0 amide bonds. The summed E-state index contributed by atoms with van der Waals surface area (Å²) in [5, 5.41) is 3.25. The molecule has 0 aromatic carbocycles. The SMILES string of the molecule is CCCn1ccnc1CC(=O)CC(C)NCC. The molecule has 0 spiro atoms. The third kappa shape index (κ3) is 4.69. The molecule has 0 bridgehead atoms. The summed E-state index contributed by atoms with van der Waals surface area (Å²) in [6.07, 6.45) is 5.80. The third-order valence-corrected chi connectivity index (χ3v) is 2.71. The second kappa shape index (κ2) is 7.22. The lowest BCUT2D eigenvalue weighted by molar-refractivity contribution is -0.119. The monoisotopic (exact) mass is 237 g/mol. The fraction of sp³-hybridized carbons (Fsp3) is 0.692. The molecule has 96 valence electrons. The Morgan fingerprint density at radius 1 is 1.53 bits per heavy atom. The van der Waals surface area contributed by atoms with Crippen molar-refractivity contribution in [2.45, 2.75) is 52.6 Å². The lowest BCUT2D eigenvalue weighted by Gasteiger charge is -2.11. The first-order chi connectivity index (χ1) is 8.17. The Balaban J connectivity index is 2.47. The number of hydrogen-bond acceptors (Lipinski definition) is 3. The number of aromatic nitrogens is 2. The fourth-order valence-electron chi connectivity index (χ4n) is 1.96. The predicted octanol–water partition coefficient (Wildman–Crippen LogP) is 1.79. The number of Topliss-reactive ketones (excluding diaryl/α,β-unsaturated/α-hetero) is 1. The van der Waals surface area contributed by atoms with E-state index in [2.05, 4.69) is 28.7 Å². The van der Waals surface area contributed by atoms with Crippen LogP contribution in [0, 0.1) is 0 Å². The number of carbonyl (C=O) groups is 1. The molecule has 4 nitrogen and oxygen atoms in total. The highest BCUT2D eigenvalue weighted by atomic mass is 16.1. The summed E-state index contributed by atoms with van der Waals surface area (Å²) in [5.41, 5.74) is 0. The average molecular weight is 237 g/mol. The molecule has 17 heavy (non-hydrogen) atoms. The van der Waals surface area contributed by atoms with E-state index < -0.39 is 0 Å². The Hall–Kier alpha value is -1.16. The van der Waals surface area contributed by atoms with Gasteiger partial charge >= 0.3 is 0 Å². The van der Waals surface area contributed by atoms with Crippen molar-refractivity contribution in [2.75, 3.05) is 6.54 Å². The summed E-state index contributed by atoms with van der Waals surface area (Å²) in [6, 6.07) is 0.252. The molecular formula is C13H23N3O. The maximum absolute atomic E-state index is 11.9. The second-order valence-electron chi connectivity index (χ2n) is 4.42. The van der Waals surface area contributed by atoms with Gasteiger partial charge in [-0.05, 0) is 19.9 Å². The molecule has 1 rings (SSSR count). The topological polar surface area (TPSA) is 46.9 Å². The van der Waals surface area contributed by atoms with Gasteiger partial charge in [0.1, 0.15) is 11.6 Å². The Morgan fingerprint density at radius 2 is 2.29 bits per heavy atom. The number of carbonyl (C=O) groups excluding carboxylic acids is 1. The van der Waals surface area contributed by atoms with E-state index in [4.69, 9.17) is 0 Å². The standard InChI is InChI=1S/C13H23N3O/c1-4-7-16-8-6-15-13(16)10-12(17)9-11(3)14-5-2/h6,8,11,14H,4-5,7,9-10H2,1-3H3. The maximum atomic E-state index is 11.9. The zero-order chi connectivity index (χ0) is 12.7. The van der Waals surface area contributed by atoms with Crippen molar-refractivity contribution in [1.82, 2.24) is 14.9 Å². The molecule has 0 aliphatic rings. The molecule has 1 atom stereocenters. The van der Waals surface area contributed by atoms with Crippen LogP contribution in [0.5, 0.6) is 0 Å². The quantitative estimate of drug-likeness (QED) is 0.750. The van der Waals surface area contributed by atoms with Crippen LogP contribution >= 0.6 is 0 Å². The summed E-state index contributed by atoms with van der Waals surface area (Å²) in [5.74, 6) is 1.14. The minimum absolute atomic E-state index is 0.252. The van der Waals surface area contributed by atoms with Crippen molar-refractivity contribution in [3.63, 3.8) is 0 Å². The Morgan fingerprint density at radius 3 is 2.94 bits per heavy atom. The van der Waals surface area contributed by atoms with Gasteiger partial charge in [-0.25, -0.2) is 4.98 Å². The van der Waals surface area contributed by atoms with Gasteiger partial charge < -0.3 is 9.88 Å². The number of ketones is 1. The maximum Gasteiger partial charge on any atom is 0.141 e. The van der Waals surface area contributed by atoms with E-state index in [0.717, 1.165) is 25.3 Å². The van der Waals surface area contributed by atoms with E-state index in [1.54, 1.807) is 6.20 Å². The summed E-state index contributed by atoms with van der Waals surface area (Å²) < 4.78 is 2.07. The van der Waals surface area contributed by atoms with Crippen molar-refractivity contribution >= 4 is 5.78 Å². The summed E-state index contributed by atoms with van der Waals surface area (Å²) in [6.45, 7) is 8.05. The Kier molecular flexibility index (Phi) is 5.91. The third-order valence-electron chi connectivity index (χ3n) is 2.71. The zero-order valence-electron chi connectivity index (χ0n) is 11.1. The molecule has 1 unspecified atom stereocenters. The normalized spacial score (nSPS) is 12.6. The van der Waals surface area contributed by atoms with Crippen LogP contribution in [-0.2, 0) is 17.8 Å². The van der Waals surface area contributed by atoms with Crippen LogP contribution in [-0.4, -0.2) is 27.9 Å². The van der Waals surface area contributed by atoms with Crippen LogP contribution in [0.15, 0.2) is 12.4 Å². The van der Waals surface area contributed by atoms with Gasteiger partial charge in [-0.15, -0.1) is 0 Å². The van der Waals surface area contributed by atoms with E-state index in [0.29, 0.717) is 12.8 Å². The second-order valence-corrected chi connectivity index (χ2v) is 4.42. The zero-order valence-corrected chi connectivity index (χ0v) is 11.1. The smallest absolute Gasteiger partial charge is 0.141 e. The fourth-order valence-corrected chi connectivity index (χ4v) is 1.96. The van der Waals surface area contributed by atoms with Crippen LogP contribution in [0.3, 0.4) is 0 Å². The van der Waals surface area contributed by atoms with Crippen molar-refractivity contribution < 1.29 is 4.79 Å². The van der Waals surface area contributed by atoms with Crippen molar-refractivity contribution in [1.29, 1.82) is 0 Å². The van der Waals surface area contributed by atoms with E-state index in [-0.39, 0.29) is 11.8 Å². The predicted molar refractivity (Wildman–Crippen MR) is 69.0 cm³/mol. The van der Waals surface area contributed by atoms with Gasteiger partial charge in [0.15, 0.2) is 0 Å². The molecule has 0 aliphatic carbocycles. The molecule has 1 N–H and O–H groups in total. The van der Waals surface area contributed by atoms with Crippen LogP contribution in [0.4, 0.5) is 0 Å². The van der Waals surface area contributed by atoms with Crippen LogP contribution in [0.25, 0.3) is 0 Å². The van der Waals surface area contributed by atoms with Gasteiger partial charge in [-0.1, -0.05) is 13.8 Å². The van der Waals surface area contributed by atoms with Crippen molar-refractivity contribution in [3.8, 4) is 0 Å². The van der Waals surface area contributed by atoms with Gasteiger partial charge in [-0.2, -0.15) is 0 Å². The molecule has 0 radical (unpaired) electrons. The number of aryl methyl sites for hydroxylation is 1. The molecule has 1 aromatic rings. The molecule has 1 heterocycles. The number of nitrogens with zero attached hydrogens (tertiary/aromatic N) is 2. The largest absolute Gasteiger partial charge is 0.335 e. The van der Waals surface area contributed by atoms with Crippen LogP contribution < -0.4 is 5.32 Å². The van der Waals surface area contributed by atoms with Crippen LogP contribution in [0.1, 0.15) is 39.4 Å². The van der Waals surface area contributed by atoms with E-state index in [1.165, 1.54) is 0 Å². The molecular weight excluding hydrogens is 214 g/mol. The van der Waals surface area contributed by atoms with Gasteiger partial charge in [-0.3, -0.25) is 4.79 Å². The lowest BCUT2D eigenvalue weighted by atomic mass is 10.1. The van der Waals surface area contributed by atoms with Gasteiger partial charge in [0, 0.05) is 31.4 Å². The Bertz CT molecular complexity index is 346. The molecule has 0 aliphatic heterocycles. The molecule has 0 fully saturated rings. The minimum Gasteiger partial charge on any atom is -0.335 e. The highest BCUT2D eigenvalue weighted by Gasteiger charge is 2.11. The van der Waals surface area contributed by atoms with E-state index in [9.17, 15) is 4.79 Å². The van der Waals surface area contributed by atoms with E-state index in [1.807, 2.05) is 13.1 Å². The van der Waals surface area contributed by atoms with Crippen molar-refractivity contribution in [2.24, 2.45) is 0 Å². The first-order valence-electron chi connectivity index (χ1n) is 6.42. The molecule has 0 saturated heterocycles. The first-order valence-corrected chi connectivity index (χ1v) is 6.42. The summed E-state index contributed by atoms with van der Waals surface area (Å²) >= 11 is 0. The van der Waals surface area contributed by atoms with Gasteiger partial charge in [0.05, 0.1) is 6.42 Å². The highest BCUT2D eigenvalue weighted by Crippen LogP contribution is 2.04. The Labute approximate surface area is 103 Å². The van der Waals surface area contributed by atoms with E-state index >= 15 is 0 Å². The molecule has 1 aromatic heterocycles. The number of nitrogens with one attached hydrogen (secondary N) is 1. The number of imidazole rings is 1. The first kappa shape index (κ1) is 13.9. The summed E-state index contributed by atoms with van der Waals surface area (Å²) in [4.78, 5) is 16.1. The van der Waals surface area contributed by atoms with Crippen LogP contribution in [0.2, 0.25) is 0 Å². The molecule has 4 heteroatoms. The number of rotatable bonds is 8. The van der Waals surface area contributed by atoms with Gasteiger partial charge in [0.25, 0.3) is 0 Å². The number of hydrogen-bond donors (Lipinski definition) is 1. The minimum atomic E-state index is 0.252. The highest BCUT2D eigenvalue weighted by molar-refractivity contribution is 5.80. The lowest BCUT2D eigenvalue weighted by Crippen LogP contribution is -2.28. The molecule has 0 saturated carbocycles. The van der Waals surface area contributed by atoms with Crippen molar-refractivity contribution in [3.05, 3.63) is 18.2 Å². The summed E-state index contributed by atoms with van der Waals surface area (Å²) in [7, 11) is 0.